The maximum atomic E-state index is 8.49. The Kier molecular flexibility index (Phi) is 6.11. The van der Waals surface area contributed by atoms with Crippen molar-refractivity contribution in [3.8, 4) is 16.8 Å². The smallest absolute Gasteiger partial charge is 0.143 e. The second kappa shape index (κ2) is 12.0. The minimum atomic E-state index is -2.33. The molecule has 0 N–H and O–H groups in total. The Morgan fingerprint density at radius 3 is 2.06 bits per heavy atom. The summed E-state index contributed by atoms with van der Waals surface area (Å²) in [5.41, 5.74) is 9.89. The van der Waals surface area contributed by atoms with Gasteiger partial charge in [-0.25, -0.2) is 0 Å². The summed E-state index contributed by atoms with van der Waals surface area (Å²) in [6.07, 6.45) is 0. The Bertz CT molecular complexity index is 3350. The average molecular weight is 694 g/mol. The molecule has 0 radical (unpaired) electrons. The van der Waals surface area contributed by atoms with E-state index >= 15 is 0 Å². The van der Waals surface area contributed by atoms with Gasteiger partial charge in [0.1, 0.15) is 11.2 Å². The maximum Gasteiger partial charge on any atom is 0.143 e. The third-order valence-corrected chi connectivity index (χ3v) is 10.8. The molecule has 3 nitrogen and oxygen atoms in total. The van der Waals surface area contributed by atoms with E-state index in [1.807, 2.05) is 24.3 Å². The van der Waals surface area contributed by atoms with E-state index in [0.29, 0.717) is 16.6 Å². The Hall–Kier alpha value is -7.10. The van der Waals surface area contributed by atoms with Crippen molar-refractivity contribution in [1.29, 1.82) is 0 Å². The third kappa shape index (κ3) is 4.62. The number of para-hydroxylation sites is 1. The van der Waals surface area contributed by atoms with E-state index < -0.39 is 6.85 Å². The van der Waals surface area contributed by atoms with E-state index in [-0.39, 0.29) is 5.56 Å². The minimum Gasteiger partial charge on any atom is -0.455 e. The molecule has 0 bridgehead atoms. The molecule has 0 amide bonds. The van der Waals surface area contributed by atoms with E-state index in [1.54, 1.807) is 12.1 Å². The molecule has 9 aromatic carbocycles. The molecular formula is C51H34N2O. The summed E-state index contributed by atoms with van der Waals surface area (Å²) in [6, 6.07) is 65.1. The molecule has 11 aromatic rings. The summed E-state index contributed by atoms with van der Waals surface area (Å²) in [7, 11) is 0. The molecular weight excluding hydrogens is 657 g/mol. The van der Waals surface area contributed by atoms with Gasteiger partial charge < -0.3 is 13.9 Å². The van der Waals surface area contributed by atoms with Gasteiger partial charge >= 0.3 is 0 Å². The molecule has 0 spiro atoms. The average Bonchev–Trinajstić information content (AvgIpc) is 3.80. The SMILES string of the molecule is [2H]C([2H])([2H])c1cccc2oc3c4ccccc4c(N(c4cccc(-c5ccccc5)c4)c4ccc5c6ccc7ccccc7c6n(-c6ccccc6)c5c4)cc3c12. The van der Waals surface area contributed by atoms with Gasteiger partial charge in [-0.05, 0) is 77.5 Å². The summed E-state index contributed by atoms with van der Waals surface area (Å²) in [4.78, 5) is 2.32. The number of furan rings is 1. The molecule has 254 valence electrons. The molecule has 0 saturated carbocycles. The lowest BCUT2D eigenvalue weighted by Crippen LogP contribution is -2.11. The second-order valence-electron chi connectivity index (χ2n) is 13.9. The Balaban J connectivity index is 1.26. The first-order valence-corrected chi connectivity index (χ1v) is 18.3. The van der Waals surface area contributed by atoms with Crippen LogP contribution in [0.5, 0.6) is 0 Å². The molecule has 0 unspecified atom stereocenters. The summed E-state index contributed by atoms with van der Waals surface area (Å²) in [5.74, 6) is 0. The van der Waals surface area contributed by atoms with Crippen molar-refractivity contribution < 1.29 is 8.53 Å². The van der Waals surface area contributed by atoms with Crippen molar-refractivity contribution in [3.63, 3.8) is 0 Å². The van der Waals surface area contributed by atoms with Gasteiger partial charge in [0.25, 0.3) is 0 Å². The highest BCUT2D eigenvalue weighted by Crippen LogP contribution is 2.47. The van der Waals surface area contributed by atoms with Gasteiger partial charge in [-0.2, -0.15) is 0 Å². The largest absolute Gasteiger partial charge is 0.455 e. The Morgan fingerprint density at radius 1 is 0.500 bits per heavy atom. The van der Waals surface area contributed by atoms with Crippen LogP contribution in [0.15, 0.2) is 192 Å². The number of aryl methyl sites for hydroxylation is 1. The molecule has 0 atom stereocenters. The van der Waals surface area contributed by atoms with Crippen molar-refractivity contribution in [3.05, 3.63) is 194 Å². The van der Waals surface area contributed by atoms with Crippen LogP contribution in [0.2, 0.25) is 0 Å². The lowest BCUT2D eigenvalue weighted by molar-refractivity contribution is 0.672. The van der Waals surface area contributed by atoms with Crippen LogP contribution in [0.25, 0.3) is 82.1 Å². The number of fused-ring (bicyclic) bond motifs is 10. The number of rotatable bonds is 5. The quantitative estimate of drug-likeness (QED) is 0.179. The molecule has 0 aliphatic carbocycles. The van der Waals surface area contributed by atoms with Gasteiger partial charge in [0.15, 0.2) is 0 Å². The fourth-order valence-corrected chi connectivity index (χ4v) is 8.45. The lowest BCUT2D eigenvalue weighted by Gasteiger charge is -2.28. The molecule has 2 aromatic heterocycles. The van der Waals surface area contributed by atoms with Gasteiger partial charge in [-0.3, -0.25) is 0 Å². The van der Waals surface area contributed by atoms with E-state index in [9.17, 15) is 0 Å². The van der Waals surface area contributed by atoms with Crippen LogP contribution in [-0.2, 0) is 0 Å². The lowest BCUT2D eigenvalue weighted by atomic mass is 9.99. The first kappa shape index (κ1) is 27.5. The first-order valence-electron chi connectivity index (χ1n) is 19.8. The first-order chi connectivity index (χ1) is 27.9. The van der Waals surface area contributed by atoms with Crippen molar-refractivity contribution >= 4 is 82.4 Å². The van der Waals surface area contributed by atoms with Gasteiger partial charge in [-0.15, -0.1) is 0 Å². The van der Waals surface area contributed by atoms with Crippen LogP contribution in [0.4, 0.5) is 17.1 Å². The monoisotopic (exact) mass is 693 g/mol. The Labute approximate surface area is 316 Å². The zero-order valence-electron chi connectivity index (χ0n) is 32.2. The van der Waals surface area contributed by atoms with E-state index in [0.717, 1.165) is 66.5 Å². The molecule has 2 heterocycles. The highest BCUT2D eigenvalue weighted by Gasteiger charge is 2.23. The van der Waals surface area contributed by atoms with Gasteiger partial charge in [0, 0.05) is 58.9 Å². The molecule has 0 fully saturated rings. The standard InChI is InChI=1S/C51H34N2O/c1-33-14-12-25-48-49(33)45-32-47(41-23-10-11-24-44(41)51(45)54-48)52(38-21-13-18-36(30-38)34-15-4-2-5-16-34)39-27-29-42-43-28-26-35-17-8-9-22-40(35)50(43)53(46(42)31-39)37-19-6-3-7-20-37/h2-32H,1H3/i1D3. The predicted octanol–water partition coefficient (Wildman–Crippen LogP) is 14.4. The van der Waals surface area contributed by atoms with Gasteiger partial charge in [0.2, 0.25) is 0 Å². The maximum absolute atomic E-state index is 8.49. The summed E-state index contributed by atoms with van der Waals surface area (Å²) < 4.78 is 34.4. The van der Waals surface area contributed by atoms with E-state index in [4.69, 9.17) is 8.53 Å². The topological polar surface area (TPSA) is 21.3 Å². The molecule has 54 heavy (non-hydrogen) atoms. The molecule has 0 saturated heterocycles. The molecule has 0 aliphatic heterocycles. The van der Waals surface area contributed by atoms with Crippen LogP contribution >= 0.6 is 0 Å². The van der Waals surface area contributed by atoms with Crippen LogP contribution < -0.4 is 4.90 Å². The Morgan fingerprint density at radius 2 is 1.20 bits per heavy atom. The minimum absolute atomic E-state index is 0.277. The van der Waals surface area contributed by atoms with E-state index in [1.165, 1.54) is 16.2 Å². The zero-order valence-corrected chi connectivity index (χ0v) is 29.2. The van der Waals surface area contributed by atoms with Crippen molar-refractivity contribution in [1.82, 2.24) is 4.57 Å². The predicted molar refractivity (Wildman–Crippen MR) is 228 cm³/mol. The van der Waals surface area contributed by atoms with E-state index in [2.05, 4.69) is 161 Å². The second-order valence-corrected chi connectivity index (χ2v) is 13.9. The normalized spacial score (nSPS) is 12.9. The summed E-state index contributed by atoms with van der Waals surface area (Å²) in [6.45, 7) is -2.33. The molecule has 3 heteroatoms. The molecule has 0 aliphatic rings. The molecule has 11 rings (SSSR count). The highest BCUT2D eigenvalue weighted by atomic mass is 16.3. The number of anilines is 3. The number of hydrogen-bond acceptors (Lipinski definition) is 2. The zero-order chi connectivity index (χ0) is 38.3. The highest BCUT2D eigenvalue weighted by molar-refractivity contribution is 6.21. The van der Waals surface area contributed by atoms with Crippen molar-refractivity contribution in [2.75, 3.05) is 4.90 Å². The van der Waals surface area contributed by atoms with Crippen LogP contribution in [0.3, 0.4) is 0 Å². The number of benzene rings is 9. The fourth-order valence-electron chi connectivity index (χ4n) is 8.45. The number of hydrogen-bond donors (Lipinski definition) is 0. The third-order valence-electron chi connectivity index (χ3n) is 10.8. The summed E-state index contributed by atoms with van der Waals surface area (Å²) in [5, 5.41) is 8.00. The van der Waals surface area contributed by atoms with Crippen LogP contribution in [0.1, 0.15) is 9.68 Å². The van der Waals surface area contributed by atoms with Gasteiger partial charge in [0.05, 0.1) is 16.7 Å². The summed E-state index contributed by atoms with van der Waals surface area (Å²) >= 11 is 0. The van der Waals surface area contributed by atoms with Crippen LogP contribution in [0, 0.1) is 6.85 Å². The fraction of sp³-hybridized carbons (Fsp3) is 0.0196. The van der Waals surface area contributed by atoms with Gasteiger partial charge in [-0.1, -0.05) is 140 Å². The number of aromatic nitrogens is 1. The number of nitrogens with zero attached hydrogens (tertiary/aromatic N) is 2. The van der Waals surface area contributed by atoms with Crippen molar-refractivity contribution in [2.24, 2.45) is 0 Å². The van der Waals surface area contributed by atoms with Crippen LogP contribution in [-0.4, -0.2) is 4.57 Å². The van der Waals surface area contributed by atoms with Crippen molar-refractivity contribution in [2.45, 2.75) is 6.85 Å².